The summed E-state index contributed by atoms with van der Waals surface area (Å²) in [6.07, 6.45) is 0. The van der Waals surface area contributed by atoms with Crippen LogP contribution in [0.1, 0.15) is 11.8 Å². The van der Waals surface area contributed by atoms with Crippen molar-refractivity contribution in [3.8, 4) is 0 Å². The Bertz CT molecular complexity index is 425. The van der Waals surface area contributed by atoms with E-state index in [9.17, 15) is 8.42 Å². The molecule has 0 saturated heterocycles. The van der Waals surface area contributed by atoms with Gasteiger partial charge < -0.3 is 0 Å². The van der Waals surface area contributed by atoms with Gasteiger partial charge in [-0.2, -0.15) is 4.31 Å². The van der Waals surface area contributed by atoms with Crippen LogP contribution in [0.5, 0.6) is 0 Å². The van der Waals surface area contributed by atoms with Gasteiger partial charge in [0.1, 0.15) is 4.21 Å². The van der Waals surface area contributed by atoms with E-state index in [1.54, 1.807) is 26.1 Å². The lowest BCUT2D eigenvalue weighted by atomic mass is 10.5. The van der Waals surface area contributed by atoms with Crippen LogP contribution in [0.2, 0.25) is 0 Å². The molecule has 0 aliphatic heterocycles. The number of rotatable bonds is 4. The minimum atomic E-state index is -3.35. The Morgan fingerprint density at radius 2 is 2.13 bits per heavy atom. The van der Waals surface area contributed by atoms with Gasteiger partial charge in [-0.25, -0.2) is 8.42 Å². The van der Waals surface area contributed by atoms with Crippen molar-refractivity contribution in [1.29, 1.82) is 0 Å². The van der Waals surface area contributed by atoms with E-state index in [1.807, 2.05) is 6.92 Å². The molecule has 0 aromatic carbocycles. The maximum atomic E-state index is 12.0. The molecule has 1 heterocycles. The summed E-state index contributed by atoms with van der Waals surface area (Å²) in [5.74, 6) is 0. The molecule has 0 saturated carbocycles. The summed E-state index contributed by atoms with van der Waals surface area (Å²) in [6.45, 7) is 3.97. The Hall–Kier alpha value is -0.100. The molecule has 0 fully saturated rings. The zero-order valence-electron chi connectivity index (χ0n) is 8.90. The van der Waals surface area contributed by atoms with Gasteiger partial charge in [-0.1, -0.05) is 0 Å². The van der Waals surface area contributed by atoms with Gasteiger partial charge in [0.2, 0.25) is 0 Å². The van der Waals surface area contributed by atoms with E-state index in [0.29, 0.717) is 10.8 Å². The minimum absolute atomic E-state index is 0.189. The van der Waals surface area contributed by atoms with Crippen molar-refractivity contribution in [1.82, 2.24) is 4.31 Å². The molecular weight excluding hydrogens is 254 g/mol. The molecule has 0 aliphatic carbocycles. The maximum Gasteiger partial charge on any atom is 0.252 e. The van der Waals surface area contributed by atoms with Gasteiger partial charge >= 0.3 is 0 Å². The van der Waals surface area contributed by atoms with Crippen LogP contribution in [0.3, 0.4) is 0 Å². The summed E-state index contributed by atoms with van der Waals surface area (Å²) >= 11 is 7.05. The second kappa shape index (κ2) is 4.82. The Morgan fingerprint density at radius 3 is 2.53 bits per heavy atom. The van der Waals surface area contributed by atoms with E-state index >= 15 is 0 Å². The normalized spacial score (nSPS) is 14.5. The summed E-state index contributed by atoms with van der Waals surface area (Å²) in [6, 6.07) is 3.43. The summed E-state index contributed by atoms with van der Waals surface area (Å²) in [5.41, 5.74) is 0. The average Bonchev–Trinajstić information content (AvgIpc) is 2.50. The second-order valence-corrected chi connectivity index (χ2v) is 7.74. The van der Waals surface area contributed by atoms with E-state index < -0.39 is 10.0 Å². The fourth-order valence-corrected chi connectivity index (χ4v) is 4.20. The number of sulfonamides is 1. The number of hydrogen-bond acceptors (Lipinski definition) is 3. The lowest BCUT2D eigenvalue weighted by Crippen LogP contribution is -2.30. The molecule has 0 radical (unpaired) electrons. The molecule has 1 rings (SSSR count). The molecule has 0 amide bonds. The first-order valence-electron chi connectivity index (χ1n) is 4.51. The lowest BCUT2D eigenvalue weighted by Gasteiger charge is -2.16. The molecule has 0 N–H and O–H groups in total. The van der Waals surface area contributed by atoms with E-state index in [4.69, 9.17) is 11.6 Å². The van der Waals surface area contributed by atoms with Gasteiger partial charge in [0.05, 0.1) is 0 Å². The third-order valence-corrected chi connectivity index (χ3v) is 5.32. The Morgan fingerprint density at radius 1 is 1.53 bits per heavy atom. The van der Waals surface area contributed by atoms with Crippen molar-refractivity contribution < 1.29 is 8.42 Å². The molecule has 1 atom stereocenters. The van der Waals surface area contributed by atoms with Gasteiger partial charge in [0, 0.05) is 23.8 Å². The second-order valence-electron chi connectivity index (χ2n) is 3.43. The maximum absolute atomic E-state index is 12.0. The highest BCUT2D eigenvalue weighted by Crippen LogP contribution is 2.23. The molecule has 86 valence electrons. The minimum Gasteiger partial charge on any atom is -0.206 e. The molecule has 6 heteroatoms. The van der Waals surface area contributed by atoms with Gasteiger partial charge in [-0.3, -0.25) is 0 Å². The van der Waals surface area contributed by atoms with Gasteiger partial charge in [0.25, 0.3) is 10.0 Å². The highest BCUT2D eigenvalue weighted by molar-refractivity contribution is 7.91. The number of aryl methyl sites for hydroxylation is 1. The fraction of sp³-hybridized carbons (Fsp3) is 0.556. The fourth-order valence-electron chi connectivity index (χ4n) is 1.16. The smallest absolute Gasteiger partial charge is 0.206 e. The number of thiophene rings is 1. The number of alkyl halides is 1. The summed E-state index contributed by atoms with van der Waals surface area (Å²) in [4.78, 5) is 0.987. The van der Waals surface area contributed by atoms with Crippen molar-refractivity contribution >= 4 is 33.0 Å². The van der Waals surface area contributed by atoms with Crippen molar-refractivity contribution in [2.75, 3.05) is 13.6 Å². The molecule has 0 bridgehead atoms. The van der Waals surface area contributed by atoms with Crippen LogP contribution in [0.4, 0.5) is 0 Å². The first-order valence-corrected chi connectivity index (χ1v) is 7.20. The van der Waals surface area contributed by atoms with Crippen molar-refractivity contribution in [2.24, 2.45) is 0 Å². The molecule has 0 aliphatic rings. The topological polar surface area (TPSA) is 37.4 Å². The monoisotopic (exact) mass is 267 g/mol. The third-order valence-electron chi connectivity index (χ3n) is 1.89. The van der Waals surface area contributed by atoms with Gasteiger partial charge in [-0.15, -0.1) is 22.9 Å². The van der Waals surface area contributed by atoms with Crippen LogP contribution in [0.25, 0.3) is 0 Å². The van der Waals surface area contributed by atoms with E-state index in [1.165, 1.54) is 15.6 Å². The highest BCUT2D eigenvalue weighted by Gasteiger charge is 2.23. The number of halogens is 1. The quantitative estimate of drug-likeness (QED) is 0.785. The summed E-state index contributed by atoms with van der Waals surface area (Å²) in [7, 11) is -1.80. The van der Waals surface area contributed by atoms with Crippen LogP contribution in [0, 0.1) is 6.92 Å². The first kappa shape index (κ1) is 13.0. The van der Waals surface area contributed by atoms with Gasteiger partial charge in [-0.05, 0) is 26.0 Å². The molecule has 0 spiro atoms. The van der Waals surface area contributed by atoms with E-state index in [2.05, 4.69) is 0 Å². The molecular formula is C9H14ClNO2S2. The van der Waals surface area contributed by atoms with Crippen LogP contribution < -0.4 is 0 Å². The van der Waals surface area contributed by atoms with Crippen LogP contribution in [-0.4, -0.2) is 31.7 Å². The van der Waals surface area contributed by atoms with E-state index in [-0.39, 0.29) is 5.38 Å². The highest BCUT2D eigenvalue weighted by atomic mass is 35.5. The number of hydrogen-bond donors (Lipinski definition) is 0. The SMILES string of the molecule is Cc1ccc(S(=O)(=O)N(C)CC(C)Cl)s1. The Balaban J connectivity index is 2.93. The standard InChI is InChI=1S/C9H14ClNO2S2/c1-7(10)6-11(3)15(12,13)9-5-4-8(2)14-9/h4-5,7H,6H2,1-3H3. The third kappa shape index (κ3) is 3.17. The molecule has 3 nitrogen and oxygen atoms in total. The van der Waals surface area contributed by atoms with Crippen LogP contribution >= 0.6 is 22.9 Å². The molecule has 1 aromatic heterocycles. The first-order chi connectivity index (χ1) is 6.84. The summed E-state index contributed by atoms with van der Waals surface area (Å²) < 4.78 is 25.6. The average molecular weight is 268 g/mol. The van der Waals surface area contributed by atoms with Crippen molar-refractivity contribution in [2.45, 2.75) is 23.4 Å². The lowest BCUT2D eigenvalue weighted by molar-refractivity contribution is 0.472. The molecule has 1 unspecified atom stereocenters. The van der Waals surface area contributed by atoms with Crippen molar-refractivity contribution in [3.63, 3.8) is 0 Å². The predicted octanol–water partition coefficient (Wildman–Crippen LogP) is 2.30. The van der Waals surface area contributed by atoms with Crippen LogP contribution in [-0.2, 0) is 10.0 Å². The Labute approximate surface area is 99.7 Å². The zero-order chi connectivity index (χ0) is 11.6. The molecule has 15 heavy (non-hydrogen) atoms. The Kier molecular flexibility index (Phi) is 4.17. The van der Waals surface area contributed by atoms with Crippen molar-refractivity contribution in [3.05, 3.63) is 17.0 Å². The largest absolute Gasteiger partial charge is 0.252 e. The van der Waals surface area contributed by atoms with Crippen LogP contribution in [0.15, 0.2) is 16.3 Å². The molecule has 1 aromatic rings. The summed E-state index contributed by atoms with van der Waals surface area (Å²) in [5, 5.41) is -0.189. The predicted molar refractivity (Wildman–Crippen MR) is 64.2 cm³/mol. The zero-order valence-corrected chi connectivity index (χ0v) is 11.3. The number of nitrogens with zero attached hydrogens (tertiary/aromatic N) is 1. The van der Waals surface area contributed by atoms with E-state index in [0.717, 1.165) is 4.88 Å². The van der Waals surface area contributed by atoms with Gasteiger partial charge in [0.15, 0.2) is 0 Å².